The van der Waals surface area contributed by atoms with Gasteiger partial charge in [0.25, 0.3) is 0 Å². The third-order valence-corrected chi connectivity index (χ3v) is 5.43. The molecule has 0 saturated carbocycles. The van der Waals surface area contributed by atoms with E-state index in [1.807, 2.05) is 0 Å². The highest BCUT2D eigenvalue weighted by atomic mass is 32.2. The van der Waals surface area contributed by atoms with Gasteiger partial charge in [0.2, 0.25) is 9.84 Å². The van der Waals surface area contributed by atoms with Crippen LogP contribution >= 0.6 is 0 Å². The number of allylic oxidation sites excluding steroid dienone is 2. The highest BCUT2D eigenvalue weighted by Gasteiger charge is 2.48. The van der Waals surface area contributed by atoms with Gasteiger partial charge in [-0.3, -0.25) is 0 Å². The number of ether oxygens (including phenoxy) is 1. The van der Waals surface area contributed by atoms with Crippen molar-refractivity contribution in [2.45, 2.75) is 16.3 Å². The molecule has 1 aliphatic heterocycles. The van der Waals surface area contributed by atoms with Crippen molar-refractivity contribution in [2.24, 2.45) is 11.5 Å². The van der Waals surface area contributed by atoms with E-state index >= 15 is 0 Å². The lowest BCUT2D eigenvalue weighted by atomic mass is 10.0. The van der Waals surface area contributed by atoms with E-state index < -0.39 is 26.2 Å². The Balaban J connectivity index is 2.31. The van der Waals surface area contributed by atoms with Crippen LogP contribution in [0, 0.1) is 0 Å². The van der Waals surface area contributed by atoms with E-state index in [9.17, 15) is 8.42 Å². The summed E-state index contributed by atoms with van der Waals surface area (Å²) in [6, 6.07) is -0.761. The summed E-state index contributed by atoms with van der Waals surface area (Å²) >= 11 is 0. The van der Waals surface area contributed by atoms with E-state index in [2.05, 4.69) is 5.32 Å². The Morgan fingerprint density at radius 3 is 2.76 bits per heavy atom. The normalized spacial score (nSPS) is 38.2. The van der Waals surface area contributed by atoms with Crippen LogP contribution in [0.4, 0.5) is 0 Å². The summed E-state index contributed by atoms with van der Waals surface area (Å²) in [7, 11) is -3.70. The third-order valence-electron chi connectivity index (χ3n) is 3.04. The minimum atomic E-state index is -3.70. The minimum absolute atomic E-state index is 0.242. The lowest BCUT2D eigenvalue weighted by molar-refractivity contribution is 0.0769. The molecule has 0 aromatic heterocycles. The van der Waals surface area contributed by atoms with E-state index in [1.54, 1.807) is 18.2 Å². The monoisotopic (exact) mass is 259 g/mol. The van der Waals surface area contributed by atoms with Crippen molar-refractivity contribution in [3.05, 3.63) is 24.3 Å². The number of hydrogen-bond acceptors (Lipinski definition) is 6. The molecule has 0 amide bonds. The maximum Gasteiger partial charge on any atom is 0.202 e. The second-order valence-corrected chi connectivity index (χ2v) is 6.50. The van der Waals surface area contributed by atoms with Gasteiger partial charge in [-0.05, 0) is 6.08 Å². The first-order chi connectivity index (χ1) is 7.98. The second kappa shape index (κ2) is 4.51. The molecule has 2 aliphatic rings. The lowest BCUT2D eigenvalue weighted by Crippen LogP contribution is -2.63. The molecule has 1 fully saturated rings. The molecule has 3 unspecified atom stereocenters. The van der Waals surface area contributed by atoms with Crippen LogP contribution < -0.4 is 16.8 Å². The van der Waals surface area contributed by atoms with Crippen molar-refractivity contribution in [3.63, 3.8) is 0 Å². The van der Waals surface area contributed by atoms with E-state index in [1.165, 1.54) is 6.08 Å². The SMILES string of the molecule is NC1C=CC=CC1(N)S(=O)(=O)C1CNCCO1. The molecule has 2 rings (SSSR count). The zero-order valence-corrected chi connectivity index (χ0v) is 10.2. The molecule has 6 nitrogen and oxygen atoms in total. The molecule has 5 N–H and O–H groups in total. The zero-order chi connectivity index (χ0) is 12.5. The van der Waals surface area contributed by atoms with Gasteiger partial charge in [0, 0.05) is 13.1 Å². The number of nitrogens with one attached hydrogen (secondary N) is 1. The largest absolute Gasteiger partial charge is 0.360 e. The van der Waals surface area contributed by atoms with Gasteiger partial charge < -0.3 is 21.5 Å². The zero-order valence-electron chi connectivity index (χ0n) is 9.37. The fraction of sp³-hybridized carbons (Fsp3) is 0.600. The Morgan fingerprint density at radius 2 is 2.18 bits per heavy atom. The highest BCUT2D eigenvalue weighted by Crippen LogP contribution is 2.26. The summed E-state index contributed by atoms with van der Waals surface area (Å²) in [5.41, 5.74) is 10.8. The molecule has 7 heteroatoms. The van der Waals surface area contributed by atoms with Crippen molar-refractivity contribution in [3.8, 4) is 0 Å². The number of hydrogen-bond donors (Lipinski definition) is 3. The Kier molecular flexibility index (Phi) is 3.37. The number of nitrogens with two attached hydrogens (primary N) is 2. The van der Waals surface area contributed by atoms with Crippen LogP contribution in [0.15, 0.2) is 24.3 Å². The first-order valence-corrected chi connectivity index (χ1v) is 6.99. The van der Waals surface area contributed by atoms with Crippen molar-refractivity contribution < 1.29 is 13.2 Å². The first-order valence-electron chi connectivity index (χ1n) is 5.45. The second-order valence-electron chi connectivity index (χ2n) is 4.17. The van der Waals surface area contributed by atoms with Gasteiger partial charge in [-0.25, -0.2) is 8.42 Å². The molecule has 0 bridgehead atoms. The van der Waals surface area contributed by atoms with Crippen LogP contribution in [-0.2, 0) is 14.6 Å². The van der Waals surface area contributed by atoms with Crippen LogP contribution in [0.25, 0.3) is 0 Å². The Labute approximate surface area is 101 Å². The van der Waals surface area contributed by atoms with E-state index in [4.69, 9.17) is 16.2 Å². The third kappa shape index (κ3) is 2.04. The summed E-state index contributed by atoms with van der Waals surface area (Å²) < 4.78 is 30.1. The lowest BCUT2D eigenvalue weighted by Gasteiger charge is -2.36. The molecule has 0 radical (unpaired) electrons. The summed E-state index contributed by atoms with van der Waals surface area (Å²) in [4.78, 5) is -1.59. The van der Waals surface area contributed by atoms with Crippen LogP contribution in [0.5, 0.6) is 0 Å². The molecular weight excluding hydrogens is 242 g/mol. The van der Waals surface area contributed by atoms with Gasteiger partial charge in [0.1, 0.15) is 0 Å². The van der Waals surface area contributed by atoms with Crippen LogP contribution in [0.2, 0.25) is 0 Å². The van der Waals surface area contributed by atoms with Crippen molar-refractivity contribution >= 4 is 9.84 Å². The fourth-order valence-corrected chi connectivity index (χ4v) is 3.70. The fourth-order valence-electron chi connectivity index (χ4n) is 1.90. The number of sulfone groups is 1. The first kappa shape index (κ1) is 12.7. The van der Waals surface area contributed by atoms with Crippen LogP contribution in [0.1, 0.15) is 0 Å². The van der Waals surface area contributed by atoms with Gasteiger partial charge in [0.05, 0.1) is 12.6 Å². The summed E-state index contributed by atoms with van der Waals surface area (Å²) in [5, 5.41) is 2.97. The Bertz CT molecular complexity index is 440. The molecular formula is C10H17N3O3S. The number of rotatable bonds is 2. The predicted molar refractivity (Wildman–Crippen MR) is 64.7 cm³/mol. The van der Waals surface area contributed by atoms with Crippen molar-refractivity contribution in [2.75, 3.05) is 19.7 Å². The molecule has 0 aromatic rings. The standard InChI is InChI=1S/C10H17N3O3S/c11-8-3-1-2-4-10(8,12)17(14,15)9-7-13-5-6-16-9/h1-4,8-9,13H,5-7,11-12H2. The van der Waals surface area contributed by atoms with Crippen LogP contribution in [0.3, 0.4) is 0 Å². The van der Waals surface area contributed by atoms with E-state index in [0.29, 0.717) is 13.2 Å². The quantitative estimate of drug-likeness (QED) is 0.554. The molecule has 0 spiro atoms. The van der Waals surface area contributed by atoms with Crippen molar-refractivity contribution in [1.82, 2.24) is 5.32 Å². The minimum Gasteiger partial charge on any atom is -0.360 e. The van der Waals surface area contributed by atoms with Crippen molar-refractivity contribution in [1.29, 1.82) is 0 Å². The molecule has 96 valence electrons. The average molecular weight is 259 g/mol. The summed E-state index contributed by atoms with van der Waals surface area (Å²) in [6.07, 6.45) is 6.28. The Hall–Kier alpha value is -0.730. The smallest absolute Gasteiger partial charge is 0.202 e. The molecule has 1 saturated heterocycles. The molecule has 3 atom stereocenters. The molecule has 1 heterocycles. The summed E-state index contributed by atoms with van der Waals surface area (Å²) in [6.45, 7) is 1.24. The Morgan fingerprint density at radius 1 is 1.41 bits per heavy atom. The molecule has 17 heavy (non-hydrogen) atoms. The van der Waals surface area contributed by atoms with Gasteiger partial charge in [-0.2, -0.15) is 0 Å². The van der Waals surface area contributed by atoms with Gasteiger partial charge in [0.15, 0.2) is 10.3 Å². The van der Waals surface area contributed by atoms with E-state index in [-0.39, 0.29) is 6.54 Å². The topological polar surface area (TPSA) is 107 Å². The highest BCUT2D eigenvalue weighted by molar-refractivity contribution is 7.93. The molecule has 1 aliphatic carbocycles. The van der Waals surface area contributed by atoms with Gasteiger partial charge >= 0.3 is 0 Å². The van der Waals surface area contributed by atoms with Gasteiger partial charge in [-0.15, -0.1) is 0 Å². The number of morpholine rings is 1. The maximum absolute atomic E-state index is 12.4. The predicted octanol–water partition coefficient (Wildman–Crippen LogP) is -1.54. The molecule has 0 aromatic carbocycles. The van der Waals surface area contributed by atoms with E-state index in [0.717, 1.165) is 0 Å². The van der Waals surface area contributed by atoms with Crippen LogP contribution in [-0.4, -0.2) is 44.5 Å². The van der Waals surface area contributed by atoms with Gasteiger partial charge in [-0.1, -0.05) is 18.2 Å². The average Bonchev–Trinajstić information content (AvgIpc) is 2.34. The summed E-state index contributed by atoms with van der Waals surface area (Å²) in [5.74, 6) is 0. The maximum atomic E-state index is 12.4.